The lowest BCUT2D eigenvalue weighted by molar-refractivity contribution is 0.0697. The lowest BCUT2D eigenvalue weighted by Crippen LogP contribution is -2.32. The highest BCUT2D eigenvalue weighted by Gasteiger charge is 2.24. The molecule has 0 aromatic heterocycles. The van der Waals surface area contributed by atoms with Gasteiger partial charge in [-0.3, -0.25) is 0 Å². The van der Waals surface area contributed by atoms with Crippen molar-refractivity contribution in [3.8, 4) is 0 Å². The number of carboxylic acids is 1. The number of carbonyl (C=O) groups excluding carboxylic acids is 1. The number of carbonyl (C=O) groups is 2. The molecule has 1 fully saturated rings. The van der Waals surface area contributed by atoms with Gasteiger partial charge in [0.05, 0.1) is 10.6 Å². The average molecular weight is 283 g/mol. The first-order valence-electron chi connectivity index (χ1n) is 6.02. The fraction of sp³-hybridized carbons (Fsp3) is 0.385. The summed E-state index contributed by atoms with van der Waals surface area (Å²) in [6, 6.07) is 4.15. The number of anilines is 1. The van der Waals surface area contributed by atoms with Crippen molar-refractivity contribution in [2.75, 3.05) is 18.9 Å². The molecule has 1 aliphatic carbocycles. The molecule has 2 amide bonds. The molecular weight excluding hydrogens is 268 g/mol. The number of carboxylic acid groups (broad SMARTS) is 1. The van der Waals surface area contributed by atoms with Gasteiger partial charge in [-0.15, -0.1) is 0 Å². The fourth-order valence-electron chi connectivity index (χ4n) is 1.76. The molecule has 5 nitrogen and oxygen atoms in total. The van der Waals surface area contributed by atoms with E-state index in [-0.39, 0.29) is 16.6 Å². The highest BCUT2D eigenvalue weighted by Crippen LogP contribution is 2.29. The Bertz CT molecular complexity index is 515. The van der Waals surface area contributed by atoms with Gasteiger partial charge >= 0.3 is 12.0 Å². The molecule has 0 atom stereocenters. The van der Waals surface area contributed by atoms with E-state index in [1.54, 1.807) is 18.0 Å². The predicted molar refractivity (Wildman–Crippen MR) is 72.8 cm³/mol. The van der Waals surface area contributed by atoms with E-state index in [1.165, 1.54) is 25.0 Å². The van der Waals surface area contributed by atoms with E-state index >= 15 is 0 Å². The number of aromatic carboxylic acids is 1. The van der Waals surface area contributed by atoms with Crippen LogP contribution in [-0.4, -0.2) is 35.6 Å². The summed E-state index contributed by atoms with van der Waals surface area (Å²) in [5.74, 6) is -0.511. The van der Waals surface area contributed by atoms with E-state index in [1.807, 2.05) is 0 Å². The van der Waals surface area contributed by atoms with Gasteiger partial charge in [0.15, 0.2) is 0 Å². The molecular formula is C13H15ClN2O3. The lowest BCUT2D eigenvalue weighted by Gasteiger charge is -2.17. The lowest BCUT2D eigenvalue weighted by atomic mass is 10.2. The molecule has 1 aromatic rings. The van der Waals surface area contributed by atoms with Gasteiger partial charge in [-0.1, -0.05) is 11.6 Å². The molecule has 0 radical (unpaired) electrons. The van der Waals surface area contributed by atoms with Crippen LogP contribution in [0.2, 0.25) is 5.02 Å². The third-order valence-corrected chi connectivity index (χ3v) is 3.35. The van der Waals surface area contributed by atoms with Crippen LogP contribution in [0, 0.1) is 5.92 Å². The zero-order chi connectivity index (χ0) is 14.0. The summed E-state index contributed by atoms with van der Waals surface area (Å²) in [5.41, 5.74) is 0.402. The number of nitrogens with zero attached hydrogens (tertiary/aromatic N) is 1. The Balaban J connectivity index is 2.03. The Morgan fingerprint density at radius 2 is 2.16 bits per heavy atom. The van der Waals surface area contributed by atoms with E-state index in [2.05, 4.69) is 5.32 Å². The Kier molecular flexibility index (Phi) is 3.95. The molecule has 2 N–H and O–H groups in total. The number of hydrogen-bond acceptors (Lipinski definition) is 2. The van der Waals surface area contributed by atoms with Crippen LogP contribution in [0.3, 0.4) is 0 Å². The summed E-state index contributed by atoms with van der Waals surface area (Å²) in [6.07, 6.45) is 2.34. The second-order valence-corrected chi connectivity index (χ2v) is 5.16. The van der Waals surface area contributed by atoms with Crippen LogP contribution in [0.5, 0.6) is 0 Å². The normalized spacial score (nSPS) is 14.0. The number of amides is 2. The highest BCUT2D eigenvalue weighted by molar-refractivity contribution is 6.33. The zero-order valence-corrected chi connectivity index (χ0v) is 11.3. The maximum absolute atomic E-state index is 11.9. The molecule has 1 aromatic carbocycles. The molecule has 2 rings (SSSR count). The first kappa shape index (κ1) is 13.7. The first-order valence-corrected chi connectivity index (χ1v) is 6.40. The van der Waals surface area contributed by atoms with Crippen molar-refractivity contribution in [2.24, 2.45) is 5.92 Å². The SMILES string of the molecule is CN(CC1CC1)C(=O)Nc1ccc(Cl)c(C(=O)O)c1. The molecule has 1 saturated carbocycles. The van der Waals surface area contributed by atoms with Crippen LogP contribution in [0.15, 0.2) is 18.2 Å². The van der Waals surface area contributed by atoms with Crippen molar-refractivity contribution in [1.29, 1.82) is 0 Å². The third-order valence-electron chi connectivity index (χ3n) is 3.02. The molecule has 0 spiro atoms. The number of nitrogens with one attached hydrogen (secondary N) is 1. The van der Waals surface area contributed by atoms with Crippen LogP contribution in [-0.2, 0) is 0 Å². The van der Waals surface area contributed by atoms with E-state index in [9.17, 15) is 9.59 Å². The van der Waals surface area contributed by atoms with Crippen molar-refractivity contribution < 1.29 is 14.7 Å². The Labute approximate surface area is 116 Å². The molecule has 6 heteroatoms. The summed E-state index contributed by atoms with van der Waals surface area (Å²) >= 11 is 5.76. The minimum atomic E-state index is -1.12. The van der Waals surface area contributed by atoms with Gasteiger partial charge in [-0.2, -0.15) is 0 Å². The minimum absolute atomic E-state index is 0.0238. The Hall–Kier alpha value is -1.75. The van der Waals surface area contributed by atoms with Crippen molar-refractivity contribution in [3.63, 3.8) is 0 Å². The highest BCUT2D eigenvalue weighted by atomic mass is 35.5. The molecule has 102 valence electrons. The summed E-state index contributed by atoms with van der Waals surface area (Å²) < 4.78 is 0. The predicted octanol–water partition coefficient (Wildman–Crippen LogP) is 2.91. The summed E-state index contributed by atoms with van der Waals surface area (Å²) in [5, 5.41) is 11.8. The molecule has 0 unspecified atom stereocenters. The number of benzene rings is 1. The molecule has 19 heavy (non-hydrogen) atoms. The van der Waals surface area contributed by atoms with E-state index < -0.39 is 5.97 Å². The number of halogens is 1. The molecule has 0 saturated heterocycles. The van der Waals surface area contributed by atoms with Gasteiger partial charge in [0, 0.05) is 19.3 Å². The monoisotopic (exact) mass is 282 g/mol. The average Bonchev–Trinajstić information content (AvgIpc) is 3.15. The number of rotatable bonds is 4. The molecule has 0 aliphatic heterocycles. The van der Waals surface area contributed by atoms with Crippen molar-refractivity contribution in [3.05, 3.63) is 28.8 Å². The largest absolute Gasteiger partial charge is 0.478 e. The van der Waals surface area contributed by atoms with Crippen LogP contribution in [0.25, 0.3) is 0 Å². The maximum atomic E-state index is 11.9. The summed E-state index contributed by atoms with van der Waals surface area (Å²) in [4.78, 5) is 24.4. The van der Waals surface area contributed by atoms with E-state index in [0.717, 1.165) is 6.54 Å². The van der Waals surface area contributed by atoms with Crippen molar-refractivity contribution >= 4 is 29.3 Å². The van der Waals surface area contributed by atoms with Gasteiger partial charge in [-0.25, -0.2) is 9.59 Å². The van der Waals surface area contributed by atoms with Gasteiger partial charge in [0.1, 0.15) is 0 Å². The second kappa shape index (κ2) is 5.48. The van der Waals surface area contributed by atoms with Crippen molar-refractivity contribution in [2.45, 2.75) is 12.8 Å². The second-order valence-electron chi connectivity index (χ2n) is 4.75. The quantitative estimate of drug-likeness (QED) is 0.892. The number of hydrogen-bond donors (Lipinski definition) is 2. The number of urea groups is 1. The smallest absolute Gasteiger partial charge is 0.337 e. The van der Waals surface area contributed by atoms with E-state index in [0.29, 0.717) is 11.6 Å². The van der Waals surface area contributed by atoms with Crippen LogP contribution < -0.4 is 5.32 Å². The Morgan fingerprint density at radius 3 is 2.74 bits per heavy atom. The Morgan fingerprint density at radius 1 is 1.47 bits per heavy atom. The first-order chi connectivity index (χ1) is 8.97. The standard InChI is InChI=1S/C13H15ClN2O3/c1-16(7-8-2-3-8)13(19)15-9-4-5-11(14)10(6-9)12(17)18/h4-6,8H,2-3,7H2,1H3,(H,15,19)(H,17,18). The fourth-order valence-corrected chi connectivity index (χ4v) is 1.95. The van der Waals surface area contributed by atoms with Gasteiger partial charge in [0.25, 0.3) is 0 Å². The van der Waals surface area contributed by atoms with E-state index in [4.69, 9.17) is 16.7 Å². The van der Waals surface area contributed by atoms with Crippen LogP contribution >= 0.6 is 11.6 Å². The minimum Gasteiger partial charge on any atom is -0.478 e. The van der Waals surface area contributed by atoms with Crippen LogP contribution in [0.4, 0.5) is 10.5 Å². The third kappa shape index (κ3) is 3.61. The summed E-state index contributed by atoms with van der Waals surface area (Å²) in [6.45, 7) is 0.727. The topological polar surface area (TPSA) is 69.6 Å². The van der Waals surface area contributed by atoms with Gasteiger partial charge in [-0.05, 0) is 37.0 Å². The van der Waals surface area contributed by atoms with Crippen LogP contribution in [0.1, 0.15) is 23.2 Å². The molecule has 0 bridgehead atoms. The zero-order valence-electron chi connectivity index (χ0n) is 10.5. The van der Waals surface area contributed by atoms with Gasteiger partial charge in [0.2, 0.25) is 0 Å². The maximum Gasteiger partial charge on any atom is 0.337 e. The summed E-state index contributed by atoms with van der Waals surface area (Å²) in [7, 11) is 1.72. The van der Waals surface area contributed by atoms with Crippen molar-refractivity contribution in [1.82, 2.24) is 4.90 Å². The molecule has 1 aliphatic rings. The molecule has 0 heterocycles. The van der Waals surface area contributed by atoms with Gasteiger partial charge < -0.3 is 15.3 Å².